The van der Waals surface area contributed by atoms with Crippen molar-refractivity contribution in [3.05, 3.63) is 54.1 Å². The number of piperidine rings is 1. The fourth-order valence-corrected chi connectivity index (χ4v) is 6.88. The number of sulfone groups is 1. The van der Waals surface area contributed by atoms with Crippen molar-refractivity contribution < 1.29 is 13.2 Å². The van der Waals surface area contributed by atoms with Crippen LogP contribution in [0.2, 0.25) is 0 Å². The second kappa shape index (κ2) is 8.12. The van der Waals surface area contributed by atoms with E-state index in [1.807, 2.05) is 30.0 Å². The van der Waals surface area contributed by atoms with Gasteiger partial charge in [-0.3, -0.25) is 19.3 Å². The number of nitrogens with one attached hydrogen (secondary N) is 1. The summed E-state index contributed by atoms with van der Waals surface area (Å²) in [4.78, 5) is 28.4. The van der Waals surface area contributed by atoms with Crippen LogP contribution in [0.15, 0.2) is 41.8 Å². The molecule has 2 saturated heterocycles. The quantitative estimate of drug-likeness (QED) is 0.428. The van der Waals surface area contributed by atoms with Crippen LogP contribution in [-0.4, -0.2) is 67.1 Å². The van der Waals surface area contributed by atoms with Crippen LogP contribution >= 0.6 is 0 Å². The van der Waals surface area contributed by atoms with Gasteiger partial charge in [-0.15, -0.1) is 0 Å². The fourth-order valence-electron chi connectivity index (χ4n) is 5.81. The highest BCUT2D eigenvalue weighted by Crippen LogP contribution is 2.45. The summed E-state index contributed by atoms with van der Waals surface area (Å²) < 4.78 is 27.5. The van der Waals surface area contributed by atoms with Gasteiger partial charge in [-0.05, 0) is 44.7 Å². The van der Waals surface area contributed by atoms with Crippen LogP contribution in [0.3, 0.4) is 0 Å². The highest BCUT2D eigenvalue weighted by Gasteiger charge is 2.46. The molecule has 11 nitrogen and oxygen atoms in total. The van der Waals surface area contributed by atoms with E-state index in [9.17, 15) is 13.2 Å². The van der Waals surface area contributed by atoms with Crippen molar-refractivity contribution in [2.75, 3.05) is 12.0 Å². The van der Waals surface area contributed by atoms with Crippen molar-refractivity contribution in [2.45, 2.75) is 55.5 Å². The van der Waals surface area contributed by atoms with Gasteiger partial charge in [0.25, 0.3) is 5.91 Å². The number of carbonyl (C=O) groups is 1. The van der Waals surface area contributed by atoms with E-state index in [2.05, 4.69) is 20.2 Å². The number of carbonyl (C=O) groups excluding carboxylic acids is 1. The number of nitrogen functional groups attached to an aromatic ring is 1. The van der Waals surface area contributed by atoms with Gasteiger partial charge in [0.2, 0.25) is 5.82 Å². The molecule has 0 radical (unpaired) electrons. The molecular formula is C24H26N8O3S. The van der Waals surface area contributed by atoms with Gasteiger partial charge in [0, 0.05) is 53.5 Å². The average Bonchev–Trinajstić information content (AvgIpc) is 3.57. The smallest absolute Gasteiger partial charge is 0.291 e. The molecule has 12 heteroatoms. The zero-order valence-corrected chi connectivity index (χ0v) is 20.7. The topological polar surface area (TPSA) is 152 Å². The first-order valence-electron chi connectivity index (χ1n) is 11.8. The minimum atomic E-state index is -3.67. The standard InChI is InChI=1S/C24H26N8O3S/c1-13-3-4-14(11-26-13)18-7-8-31-21(25)20(36(2,34)35)19(29-23(18)31)15-9-16-5-6-17(10-15)32(16)24(33)22-27-12-28-30-22/h3-4,7-8,11-12,15-17H,5-6,9-10,25H2,1-2H3,(H,27,28,30)/t15?,16-,17+. The number of H-pyrrole nitrogens is 1. The molecule has 4 aromatic heterocycles. The maximum absolute atomic E-state index is 13.1. The van der Waals surface area contributed by atoms with Gasteiger partial charge in [-0.2, -0.15) is 5.10 Å². The number of amides is 1. The Morgan fingerprint density at radius 2 is 1.89 bits per heavy atom. The summed E-state index contributed by atoms with van der Waals surface area (Å²) in [7, 11) is -3.67. The van der Waals surface area contributed by atoms with Crippen molar-refractivity contribution in [1.29, 1.82) is 0 Å². The number of hydrogen-bond acceptors (Lipinski definition) is 8. The molecule has 1 amide bonds. The maximum atomic E-state index is 13.1. The Labute approximate surface area is 207 Å². The zero-order chi connectivity index (χ0) is 25.2. The molecule has 0 aromatic carbocycles. The van der Waals surface area contributed by atoms with Crippen molar-refractivity contribution in [3.8, 4) is 11.1 Å². The van der Waals surface area contributed by atoms with E-state index in [1.165, 1.54) is 12.6 Å². The Bertz CT molecular complexity index is 1560. The Kier molecular flexibility index (Phi) is 5.11. The van der Waals surface area contributed by atoms with Gasteiger partial charge >= 0.3 is 0 Å². The second-order valence-electron chi connectivity index (χ2n) is 9.69. The van der Waals surface area contributed by atoms with Gasteiger partial charge in [0.05, 0.1) is 5.69 Å². The lowest BCUT2D eigenvalue weighted by Gasteiger charge is -2.38. The number of pyridine rings is 1. The van der Waals surface area contributed by atoms with Crippen LogP contribution in [-0.2, 0) is 9.84 Å². The lowest BCUT2D eigenvalue weighted by molar-refractivity contribution is 0.0556. The molecular weight excluding hydrogens is 480 g/mol. The summed E-state index contributed by atoms with van der Waals surface area (Å²) in [6.07, 6.45) is 8.90. The van der Waals surface area contributed by atoms with Crippen LogP contribution in [0, 0.1) is 6.92 Å². The molecule has 2 fully saturated rings. The zero-order valence-electron chi connectivity index (χ0n) is 19.9. The molecule has 0 aliphatic carbocycles. The van der Waals surface area contributed by atoms with Gasteiger partial charge in [-0.1, -0.05) is 6.07 Å². The van der Waals surface area contributed by atoms with E-state index in [1.54, 1.807) is 16.8 Å². The van der Waals surface area contributed by atoms with Crippen LogP contribution < -0.4 is 5.73 Å². The number of aromatic nitrogens is 6. The molecule has 186 valence electrons. The number of nitrogens with two attached hydrogens (primary N) is 1. The summed E-state index contributed by atoms with van der Waals surface area (Å²) in [5.41, 5.74) is 10.2. The Morgan fingerprint density at radius 3 is 2.50 bits per heavy atom. The minimum Gasteiger partial charge on any atom is -0.384 e. The van der Waals surface area contributed by atoms with Crippen molar-refractivity contribution in [2.24, 2.45) is 0 Å². The third-order valence-electron chi connectivity index (χ3n) is 7.38. The number of hydrogen-bond donors (Lipinski definition) is 2. The predicted octanol–water partition coefficient (Wildman–Crippen LogP) is 2.36. The van der Waals surface area contributed by atoms with E-state index < -0.39 is 9.84 Å². The van der Waals surface area contributed by atoms with E-state index in [-0.39, 0.29) is 40.4 Å². The van der Waals surface area contributed by atoms with Gasteiger partial charge in [0.15, 0.2) is 9.84 Å². The summed E-state index contributed by atoms with van der Waals surface area (Å²) in [6, 6.07) is 5.69. The molecule has 1 unspecified atom stereocenters. The Morgan fingerprint density at radius 1 is 1.14 bits per heavy atom. The lowest BCUT2D eigenvalue weighted by Crippen LogP contribution is -2.46. The maximum Gasteiger partial charge on any atom is 0.291 e. The molecule has 36 heavy (non-hydrogen) atoms. The number of nitrogens with zero attached hydrogens (tertiary/aromatic N) is 6. The first-order chi connectivity index (χ1) is 17.2. The average molecular weight is 507 g/mol. The van der Waals surface area contributed by atoms with E-state index in [0.29, 0.717) is 24.2 Å². The molecule has 2 aliphatic rings. The minimum absolute atomic E-state index is 0.0365. The number of anilines is 1. The largest absolute Gasteiger partial charge is 0.384 e. The van der Waals surface area contributed by atoms with Crippen LogP contribution in [0.5, 0.6) is 0 Å². The number of aromatic amines is 1. The molecule has 0 spiro atoms. The third kappa shape index (κ3) is 3.55. The fraction of sp³-hybridized carbons (Fsp3) is 0.375. The number of aryl methyl sites for hydroxylation is 1. The molecule has 2 bridgehead atoms. The summed E-state index contributed by atoms with van der Waals surface area (Å²) in [5, 5.41) is 6.46. The monoisotopic (exact) mass is 506 g/mol. The van der Waals surface area contributed by atoms with Crippen LogP contribution in [0.4, 0.5) is 5.82 Å². The summed E-state index contributed by atoms with van der Waals surface area (Å²) in [5.74, 6) is 0.0366. The Balaban J connectivity index is 1.45. The van der Waals surface area contributed by atoms with Crippen molar-refractivity contribution in [3.63, 3.8) is 0 Å². The lowest BCUT2D eigenvalue weighted by atomic mass is 9.87. The Hall–Kier alpha value is -3.80. The first kappa shape index (κ1) is 22.7. The van der Waals surface area contributed by atoms with E-state index >= 15 is 0 Å². The van der Waals surface area contributed by atoms with Crippen molar-refractivity contribution >= 4 is 27.2 Å². The summed E-state index contributed by atoms with van der Waals surface area (Å²) in [6.45, 7) is 1.92. The van der Waals surface area contributed by atoms with E-state index in [0.717, 1.165) is 29.7 Å². The molecule has 4 aromatic rings. The highest BCUT2D eigenvalue weighted by atomic mass is 32.2. The molecule has 2 aliphatic heterocycles. The molecule has 3 N–H and O–H groups in total. The molecule has 6 heterocycles. The normalized spacial score (nSPS) is 21.8. The van der Waals surface area contributed by atoms with Gasteiger partial charge in [-0.25, -0.2) is 18.4 Å². The molecule has 3 atom stereocenters. The number of fused-ring (bicyclic) bond motifs is 3. The highest BCUT2D eigenvalue weighted by molar-refractivity contribution is 7.91. The summed E-state index contributed by atoms with van der Waals surface area (Å²) >= 11 is 0. The van der Waals surface area contributed by atoms with Crippen LogP contribution in [0.25, 0.3) is 16.8 Å². The molecule has 0 saturated carbocycles. The first-order valence-corrected chi connectivity index (χ1v) is 13.7. The number of rotatable bonds is 4. The molecule has 6 rings (SSSR count). The van der Waals surface area contributed by atoms with Gasteiger partial charge < -0.3 is 10.6 Å². The second-order valence-corrected chi connectivity index (χ2v) is 11.6. The van der Waals surface area contributed by atoms with E-state index in [4.69, 9.17) is 10.7 Å². The predicted molar refractivity (Wildman–Crippen MR) is 132 cm³/mol. The van der Waals surface area contributed by atoms with Gasteiger partial charge in [0.1, 0.15) is 22.7 Å². The van der Waals surface area contributed by atoms with Crippen molar-refractivity contribution in [1.82, 2.24) is 34.4 Å². The van der Waals surface area contributed by atoms with Crippen LogP contribution in [0.1, 0.15) is 53.6 Å². The third-order valence-corrected chi connectivity index (χ3v) is 8.54. The SMILES string of the molecule is Cc1ccc(-c2ccn3c(N)c(S(C)(=O)=O)c(C4C[C@H]5CC[C@@H](C4)N5C(=O)c4ncn[nH]4)nc23)cn1.